The minimum Gasteiger partial charge on any atom is -0.383 e. The lowest BCUT2D eigenvalue weighted by molar-refractivity contribution is -0.0368. The summed E-state index contributed by atoms with van der Waals surface area (Å²) in [5.74, 6) is 0. The van der Waals surface area contributed by atoms with E-state index < -0.39 is 5.51 Å². The summed E-state index contributed by atoms with van der Waals surface area (Å²) in [6, 6.07) is 0. The maximum Gasteiger partial charge on any atom is 0.456 e. The number of methoxy groups -OCH3 is 2. The van der Waals surface area contributed by atoms with E-state index >= 15 is 0 Å². The van der Waals surface area contributed by atoms with Crippen molar-refractivity contribution in [2.75, 3.05) is 40.5 Å². The smallest absolute Gasteiger partial charge is 0.383 e. The predicted octanol–water partition coefficient (Wildman–Crippen LogP) is 1.75. The molecule has 0 atom stereocenters. The molecule has 0 rings (SSSR count). The van der Waals surface area contributed by atoms with E-state index in [1.54, 1.807) is 0 Å². The van der Waals surface area contributed by atoms with Crippen LogP contribution in [0.1, 0.15) is 0 Å². The molecule has 0 spiro atoms. The van der Waals surface area contributed by atoms with Gasteiger partial charge in [0.25, 0.3) is 0 Å². The first-order chi connectivity index (χ1) is 6.49. The minimum atomic E-state index is -4.25. The quantitative estimate of drug-likeness (QED) is 0.624. The molecule has 0 saturated carbocycles. The Hall–Kier alpha value is 0.0200. The molecule has 14 heavy (non-hydrogen) atoms. The third-order valence-electron chi connectivity index (χ3n) is 1.32. The standard InChI is InChI=1S/C7H14F3NO2S/c1-12-5-3-11(4-6-13-2)14-7(8,9)10/h3-6H2,1-2H3. The topological polar surface area (TPSA) is 21.7 Å². The van der Waals surface area contributed by atoms with Crippen molar-refractivity contribution in [3.63, 3.8) is 0 Å². The van der Waals surface area contributed by atoms with E-state index in [1.807, 2.05) is 0 Å². The molecule has 7 heteroatoms. The van der Waals surface area contributed by atoms with Crippen molar-refractivity contribution in [1.82, 2.24) is 4.31 Å². The second-order valence-corrected chi connectivity index (χ2v) is 3.61. The Labute approximate surface area is 85.7 Å². The van der Waals surface area contributed by atoms with Crippen LogP contribution in [-0.2, 0) is 9.47 Å². The Morgan fingerprint density at radius 1 is 1.07 bits per heavy atom. The Kier molecular flexibility index (Phi) is 7.34. The number of hydrogen-bond donors (Lipinski definition) is 0. The van der Waals surface area contributed by atoms with Crippen molar-refractivity contribution in [1.29, 1.82) is 0 Å². The molecule has 0 heterocycles. The van der Waals surface area contributed by atoms with Crippen LogP contribution in [0.4, 0.5) is 13.2 Å². The van der Waals surface area contributed by atoms with Crippen molar-refractivity contribution in [3.05, 3.63) is 0 Å². The van der Waals surface area contributed by atoms with E-state index in [9.17, 15) is 13.2 Å². The molecule has 0 amide bonds. The summed E-state index contributed by atoms with van der Waals surface area (Å²) < 4.78 is 46.6. The number of hydrogen-bond acceptors (Lipinski definition) is 4. The first-order valence-electron chi connectivity index (χ1n) is 3.98. The molecular weight excluding hydrogens is 219 g/mol. The lowest BCUT2D eigenvalue weighted by Gasteiger charge is -2.21. The van der Waals surface area contributed by atoms with E-state index in [1.165, 1.54) is 18.5 Å². The molecule has 0 N–H and O–H groups in total. The van der Waals surface area contributed by atoms with E-state index in [-0.39, 0.29) is 38.3 Å². The minimum absolute atomic E-state index is 0.145. The van der Waals surface area contributed by atoms with Crippen LogP contribution < -0.4 is 0 Å². The van der Waals surface area contributed by atoms with Gasteiger partial charge in [-0.05, 0) is 0 Å². The largest absolute Gasteiger partial charge is 0.456 e. The fourth-order valence-electron chi connectivity index (χ4n) is 0.736. The van der Waals surface area contributed by atoms with Crippen LogP contribution in [-0.4, -0.2) is 50.3 Å². The Balaban J connectivity index is 3.84. The van der Waals surface area contributed by atoms with Crippen LogP contribution >= 0.6 is 11.9 Å². The van der Waals surface area contributed by atoms with Crippen LogP contribution in [0, 0.1) is 0 Å². The molecule has 0 aliphatic carbocycles. The highest BCUT2D eigenvalue weighted by molar-refractivity contribution is 7.97. The van der Waals surface area contributed by atoms with Crippen molar-refractivity contribution in [2.24, 2.45) is 0 Å². The monoisotopic (exact) mass is 233 g/mol. The van der Waals surface area contributed by atoms with Gasteiger partial charge in [-0.15, -0.1) is 0 Å². The van der Waals surface area contributed by atoms with Crippen molar-refractivity contribution in [2.45, 2.75) is 5.51 Å². The third-order valence-corrected chi connectivity index (χ3v) is 2.15. The summed E-state index contributed by atoms with van der Waals surface area (Å²) >= 11 is -0.145. The summed E-state index contributed by atoms with van der Waals surface area (Å²) in [6.07, 6.45) is 0. The van der Waals surface area contributed by atoms with Gasteiger partial charge in [-0.25, -0.2) is 4.31 Å². The summed E-state index contributed by atoms with van der Waals surface area (Å²) in [7, 11) is 2.90. The van der Waals surface area contributed by atoms with Gasteiger partial charge in [-0.3, -0.25) is 0 Å². The van der Waals surface area contributed by atoms with Crippen molar-refractivity contribution in [3.8, 4) is 0 Å². The molecule has 0 radical (unpaired) electrons. The molecular formula is C7H14F3NO2S. The normalized spacial score (nSPS) is 12.4. The van der Waals surface area contributed by atoms with Gasteiger partial charge in [0.15, 0.2) is 0 Å². The molecule has 86 valence electrons. The Morgan fingerprint density at radius 2 is 1.50 bits per heavy atom. The van der Waals surface area contributed by atoms with Gasteiger partial charge in [0.2, 0.25) is 0 Å². The van der Waals surface area contributed by atoms with E-state index in [4.69, 9.17) is 9.47 Å². The molecule has 0 aliphatic rings. The van der Waals surface area contributed by atoms with Gasteiger partial charge in [-0.1, -0.05) is 0 Å². The highest BCUT2D eigenvalue weighted by Gasteiger charge is 2.32. The van der Waals surface area contributed by atoms with Crippen LogP contribution in [0.25, 0.3) is 0 Å². The number of rotatable bonds is 7. The highest BCUT2D eigenvalue weighted by atomic mass is 32.2. The molecule has 0 aromatic carbocycles. The number of alkyl halides is 3. The Bertz CT molecular complexity index is 137. The van der Waals surface area contributed by atoms with Crippen LogP contribution in [0.2, 0.25) is 0 Å². The first kappa shape index (κ1) is 14.0. The molecule has 0 aromatic rings. The number of nitrogens with zero attached hydrogens (tertiary/aromatic N) is 1. The summed E-state index contributed by atoms with van der Waals surface area (Å²) in [6.45, 7) is 0.994. The van der Waals surface area contributed by atoms with Gasteiger partial charge in [0, 0.05) is 39.3 Å². The molecule has 0 bridgehead atoms. The lowest BCUT2D eigenvalue weighted by Crippen LogP contribution is -2.27. The number of ether oxygens (including phenoxy) is 2. The zero-order valence-electron chi connectivity index (χ0n) is 8.13. The van der Waals surface area contributed by atoms with Gasteiger partial charge in [0.1, 0.15) is 0 Å². The third kappa shape index (κ3) is 8.61. The summed E-state index contributed by atoms with van der Waals surface area (Å²) in [5.41, 5.74) is -4.25. The van der Waals surface area contributed by atoms with E-state index in [0.29, 0.717) is 0 Å². The fourth-order valence-corrected chi connectivity index (χ4v) is 1.36. The zero-order chi connectivity index (χ0) is 11.0. The molecule has 0 unspecified atom stereocenters. The molecule has 0 fully saturated rings. The van der Waals surface area contributed by atoms with Gasteiger partial charge < -0.3 is 9.47 Å². The molecule has 0 saturated heterocycles. The highest BCUT2D eigenvalue weighted by Crippen LogP contribution is 2.32. The SMILES string of the molecule is COCCN(CCOC)SC(F)(F)F. The van der Waals surface area contributed by atoms with Gasteiger partial charge >= 0.3 is 5.51 Å². The number of halogens is 3. The maximum atomic E-state index is 12.0. The summed E-state index contributed by atoms with van der Waals surface area (Å²) in [4.78, 5) is 0. The maximum absolute atomic E-state index is 12.0. The van der Waals surface area contributed by atoms with Crippen molar-refractivity contribution < 1.29 is 22.6 Å². The second kappa shape index (κ2) is 7.33. The van der Waals surface area contributed by atoms with Crippen LogP contribution in [0.15, 0.2) is 0 Å². The lowest BCUT2D eigenvalue weighted by atomic mass is 10.6. The average Bonchev–Trinajstić information content (AvgIpc) is 2.07. The van der Waals surface area contributed by atoms with Gasteiger partial charge in [0.05, 0.1) is 13.2 Å². The average molecular weight is 233 g/mol. The van der Waals surface area contributed by atoms with Crippen LogP contribution in [0.5, 0.6) is 0 Å². The first-order valence-corrected chi connectivity index (χ1v) is 4.75. The van der Waals surface area contributed by atoms with Crippen LogP contribution in [0.3, 0.4) is 0 Å². The molecule has 3 nitrogen and oxygen atoms in total. The fraction of sp³-hybridized carbons (Fsp3) is 1.00. The molecule has 0 aromatic heterocycles. The molecule has 0 aliphatic heterocycles. The van der Waals surface area contributed by atoms with Crippen molar-refractivity contribution >= 4 is 11.9 Å². The summed E-state index contributed by atoms with van der Waals surface area (Å²) in [5, 5.41) is 0. The Morgan fingerprint density at radius 3 is 1.79 bits per heavy atom. The van der Waals surface area contributed by atoms with Gasteiger partial charge in [-0.2, -0.15) is 13.2 Å². The van der Waals surface area contributed by atoms with E-state index in [2.05, 4.69) is 0 Å². The second-order valence-electron chi connectivity index (χ2n) is 2.45. The zero-order valence-corrected chi connectivity index (χ0v) is 8.95. The predicted molar refractivity (Wildman–Crippen MR) is 49.0 cm³/mol. The van der Waals surface area contributed by atoms with E-state index in [0.717, 1.165) is 0 Å².